The van der Waals surface area contributed by atoms with Crippen LogP contribution in [0.15, 0.2) is 0 Å². The zero-order valence-corrected chi connectivity index (χ0v) is 8.16. The highest BCUT2D eigenvalue weighted by atomic mass is 16.8. The molecule has 4 atom stereocenters. The van der Waals surface area contributed by atoms with Gasteiger partial charge in [-0.05, 0) is 31.1 Å². The van der Waals surface area contributed by atoms with Crippen molar-refractivity contribution in [3.63, 3.8) is 0 Å². The van der Waals surface area contributed by atoms with Crippen molar-refractivity contribution in [1.82, 2.24) is 0 Å². The smallest absolute Gasteiger partial charge is 0.427 e. The minimum atomic E-state index is -0.466. The Hall–Kier alpha value is -0.730. The molecule has 2 rings (SSSR count). The van der Waals surface area contributed by atoms with Gasteiger partial charge in [-0.25, -0.2) is 4.79 Å². The zero-order chi connectivity index (χ0) is 9.42. The van der Waals surface area contributed by atoms with Crippen LogP contribution in [-0.2, 0) is 9.47 Å². The van der Waals surface area contributed by atoms with Gasteiger partial charge in [0.1, 0.15) is 12.2 Å². The highest BCUT2D eigenvalue weighted by molar-refractivity contribution is 5.63. The summed E-state index contributed by atoms with van der Waals surface area (Å²) in [7, 11) is 0. The molecule has 13 heavy (non-hydrogen) atoms. The van der Waals surface area contributed by atoms with E-state index in [0.717, 1.165) is 19.3 Å². The summed E-state index contributed by atoms with van der Waals surface area (Å²) in [6, 6.07) is 0. The number of carbonyl (C=O) groups is 1. The quantitative estimate of drug-likeness (QED) is 0.618. The SMILES string of the molecule is CCC1CC(CC)C2OC(=O)OC12. The average Bonchev–Trinajstić information content (AvgIpc) is 2.61. The Morgan fingerprint density at radius 3 is 2.00 bits per heavy atom. The number of hydrogen-bond acceptors (Lipinski definition) is 3. The lowest BCUT2D eigenvalue weighted by Gasteiger charge is -2.12. The highest BCUT2D eigenvalue weighted by Crippen LogP contribution is 2.42. The van der Waals surface area contributed by atoms with Crippen LogP contribution in [0.2, 0.25) is 0 Å². The summed E-state index contributed by atoms with van der Waals surface area (Å²) in [4.78, 5) is 10.9. The molecule has 0 bridgehead atoms. The maximum Gasteiger partial charge on any atom is 0.509 e. The normalized spacial score (nSPS) is 42.8. The molecule has 2 fully saturated rings. The largest absolute Gasteiger partial charge is 0.509 e. The Morgan fingerprint density at radius 2 is 1.62 bits per heavy atom. The fraction of sp³-hybridized carbons (Fsp3) is 0.900. The Balaban J connectivity index is 2.11. The number of carbonyl (C=O) groups excluding carboxylic acids is 1. The van der Waals surface area contributed by atoms with Gasteiger partial charge >= 0.3 is 6.16 Å². The van der Waals surface area contributed by atoms with E-state index in [4.69, 9.17) is 9.47 Å². The lowest BCUT2D eigenvalue weighted by molar-refractivity contribution is 0.0920. The van der Waals surface area contributed by atoms with Crippen LogP contribution in [0.1, 0.15) is 33.1 Å². The van der Waals surface area contributed by atoms with E-state index in [1.165, 1.54) is 0 Å². The molecular formula is C10H16O3. The molecule has 1 heterocycles. The van der Waals surface area contributed by atoms with Crippen LogP contribution < -0.4 is 0 Å². The Labute approximate surface area is 78.4 Å². The molecule has 0 spiro atoms. The van der Waals surface area contributed by atoms with Crippen molar-refractivity contribution < 1.29 is 14.3 Å². The molecule has 4 unspecified atom stereocenters. The van der Waals surface area contributed by atoms with Gasteiger partial charge < -0.3 is 9.47 Å². The summed E-state index contributed by atoms with van der Waals surface area (Å²) in [5, 5.41) is 0. The molecule has 1 saturated carbocycles. The molecule has 1 saturated heterocycles. The maximum absolute atomic E-state index is 10.9. The van der Waals surface area contributed by atoms with Gasteiger partial charge in [0, 0.05) is 0 Å². The lowest BCUT2D eigenvalue weighted by atomic mass is 10.0. The Bertz CT molecular complexity index is 194. The fourth-order valence-electron chi connectivity index (χ4n) is 2.57. The maximum atomic E-state index is 10.9. The van der Waals surface area contributed by atoms with Crippen molar-refractivity contribution >= 4 is 6.16 Å². The van der Waals surface area contributed by atoms with Gasteiger partial charge in [-0.1, -0.05) is 13.8 Å². The van der Waals surface area contributed by atoms with Gasteiger partial charge in [0.25, 0.3) is 0 Å². The van der Waals surface area contributed by atoms with Crippen molar-refractivity contribution in [3.8, 4) is 0 Å². The molecule has 0 aromatic heterocycles. The molecule has 0 amide bonds. The van der Waals surface area contributed by atoms with Crippen LogP contribution in [0.3, 0.4) is 0 Å². The van der Waals surface area contributed by atoms with Gasteiger partial charge in [-0.15, -0.1) is 0 Å². The van der Waals surface area contributed by atoms with E-state index >= 15 is 0 Å². The Morgan fingerprint density at radius 1 is 1.15 bits per heavy atom. The molecular weight excluding hydrogens is 168 g/mol. The van der Waals surface area contributed by atoms with Crippen molar-refractivity contribution in [1.29, 1.82) is 0 Å². The topological polar surface area (TPSA) is 35.5 Å². The molecule has 74 valence electrons. The van der Waals surface area contributed by atoms with Crippen molar-refractivity contribution in [2.75, 3.05) is 0 Å². The first-order chi connectivity index (χ1) is 6.26. The van der Waals surface area contributed by atoms with Gasteiger partial charge in [0.15, 0.2) is 0 Å². The van der Waals surface area contributed by atoms with Crippen LogP contribution in [0, 0.1) is 11.8 Å². The molecule has 2 aliphatic rings. The van der Waals surface area contributed by atoms with Crippen molar-refractivity contribution in [2.24, 2.45) is 11.8 Å². The molecule has 0 aromatic carbocycles. The van der Waals surface area contributed by atoms with Crippen LogP contribution >= 0.6 is 0 Å². The first-order valence-corrected chi connectivity index (χ1v) is 5.13. The number of hydrogen-bond donors (Lipinski definition) is 0. The minimum absolute atomic E-state index is 0.0439. The third-order valence-electron chi connectivity index (χ3n) is 3.37. The number of fused-ring (bicyclic) bond motifs is 1. The number of ether oxygens (including phenoxy) is 2. The Kier molecular flexibility index (Phi) is 2.18. The summed E-state index contributed by atoms with van der Waals surface area (Å²) >= 11 is 0. The molecule has 3 heteroatoms. The second-order valence-electron chi connectivity index (χ2n) is 3.99. The van der Waals surface area contributed by atoms with E-state index in [1.54, 1.807) is 0 Å². The molecule has 0 aromatic rings. The summed E-state index contributed by atoms with van der Waals surface area (Å²) in [5.74, 6) is 1.03. The van der Waals surface area contributed by atoms with Gasteiger partial charge in [-0.2, -0.15) is 0 Å². The molecule has 1 aliphatic heterocycles. The molecule has 3 nitrogen and oxygen atoms in total. The van der Waals surface area contributed by atoms with E-state index in [0.29, 0.717) is 11.8 Å². The average molecular weight is 184 g/mol. The zero-order valence-electron chi connectivity index (χ0n) is 8.16. The molecule has 0 radical (unpaired) electrons. The second-order valence-corrected chi connectivity index (χ2v) is 3.99. The van der Waals surface area contributed by atoms with Crippen LogP contribution in [0.25, 0.3) is 0 Å². The van der Waals surface area contributed by atoms with E-state index in [1.807, 2.05) is 0 Å². The first kappa shape index (κ1) is 8.85. The third-order valence-corrected chi connectivity index (χ3v) is 3.37. The van der Waals surface area contributed by atoms with Crippen LogP contribution in [0.5, 0.6) is 0 Å². The molecule has 0 N–H and O–H groups in total. The number of rotatable bonds is 2. The van der Waals surface area contributed by atoms with Crippen molar-refractivity contribution in [2.45, 2.75) is 45.3 Å². The minimum Gasteiger partial charge on any atom is -0.427 e. The lowest BCUT2D eigenvalue weighted by Crippen LogP contribution is -2.24. The van der Waals surface area contributed by atoms with E-state index in [9.17, 15) is 4.79 Å². The standard InChI is InChI=1S/C10H16O3/c1-3-6-5-7(4-2)9-8(6)12-10(11)13-9/h6-9H,3-5H2,1-2H3. The second kappa shape index (κ2) is 3.20. The van der Waals surface area contributed by atoms with Gasteiger partial charge in [-0.3, -0.25) is 0 Å². The molecule has 1 aliphatic carbocycles. The first-order valence-electron chi connectivity index (χ1n) is 5.13. The van der Waals surface area contributed by atoms with Gasteiger partial charge in [0.05, 0.1) is 0 Å². The van der Waals surface area contributed by atoms with Crippen LogP contribution in [0.4, 0.5) is 4.79 Å². The monoisotopic (exact) mass is 184 g/mol. The summed E-state index contributed by atoms with van der Waals surface area (Å²) < 4.78 is 10.3. The van der Waals surface area contributed by atoms with E-state index in [2.05, 4.69) is 13.8 Å². The van der Waals surface area contributed by atoms with Crippen molar-refractivity contribution in [3.05, 3.63) is 0 Å². The van der Waals surface area contributed by atoms with Gasteiger partial charge in [0.2, 0.25) is 0 Å². The third kappa shape index (κ3) is 1.30. The van der Waals surface area contributed by atoms with Crippen LogP contribution in [-0.4, -0.2) is 18.4 Å². The van der Waals surface area contributed by atoms with E-state index in [-0.39, 0.29) is 12.2 Å². The predicted molar refractivity (Wildman–Crippen MR) is 47.3 cm³/mol. The van der Waals surface area contributed by atoms with E-state index < -0.39 is 6.16 Å². The summed E-state index contributed by atoms with van der Waals surface area (Å²) in [6.45, 7) is 4.29. The highest BCUT2D eigenvalue weighted by Gasteiger charge is 2.50. The summed E-state index contributed by atoms with van der Waals surface area (Å²) in [5.41, 5.74) is 0. The predicted octanol–water partition coefficient (Wildman–Crippen LogP) is 2.35. The fourth-order valence-corrected chi connectivity index (χ4v) is 2.57. The summed E-state index contributed by atoms with van der Waals surface area (Å²) in [6.07, 6.45) is 2.93.